The molecule has 3 N–H and O–H groups in total. The van der Waals surface area contributed by atoms with Crippen LogP contribution in [0.2, 0.25) is 0 Å². The Kier molecular flexibility index (Phi) is 4.51. The van der Waals surface area contributed by atoms with Crippen molar-refractivity contribution in [1.29, 1.82) is 0 Å². The van der Waals surface area contributed by atoms with Gasteiger partial charge in [0.15, 0.2) is 6.10 Å². The Hall–Kier alpha value is -2.82. The normalized spacial score (nSPS) is 13.9. The number of ether oxygens (including phenoxy) is 1. The third kappa shape index (κ3) is 3.40. The standard InChI is InChI=1S/C19H20N2O3/c1-12(24-17-8-3-2-7-16(17)18(20)22)19(23)21-15-10-9-13-5-4-6-14(13)11-15/h2-3,7-12H,4-6H2,1H3,(H2,20,22)(H,21,23)/t12-/m0/s1. The van der Waals surface area contributed by atoms with E-state index in [1.54, 1.807) is 31.2 Å². The Bertz CT molecular complexity index is 786. The number of hydrogen-bond acceptors (Lipinski definition) is 3. The monoisotopic (exact) mass is 324 g/mol. The molecule has 0 unspecified atom stereocenters. The van der Waals surface area contributed by atoms with E-state index in [9.17, 15) is 9.59 Å². The topological polar surface area (TPSA) is 81.4 Å². The maximum Gasteiger partial charge on any atom is 0.265 e. The van der Waals surface area contributed by atoms with Gasteiger partial charge in [-0.1, -0.05) is 18.2 Å². The summed E-state index contributed by atoms with van der Waals surface area (Å²) in [7, 11) is 0. The highest BCUT2D eigenvalue weighted by Crippen LogP contribution is 2.25. The molecule has 0 aromatic heterocycles. The number of benzene rings is 2. The molecule has 0 saturated heterocycles. The molecule has 2 aromatic rings. The summed E-state index contributed by atoms with van der Waals surface area (Å²) < 4.78 is 5.62. The quantitative estimate of drug-likeness (QED) is 0.887. The lowest BCUT2D eigenvalue weighted by Gasteiger charge is -2.16. The van der Waals surface area contributed by atoms with Gasteiger partial charge in [-0.2, -0.15) is 0 Å². The number of aryl methyl sites for hydroxylation is 2. The molecule has 124 valence electrons. The van der Waals surface area contributed by atoms with Crippen molar-refractivity contribution in [2.45, 2.75) is 32.3 Å². The van der Waals surface area contributed by atoms with Crippen LogP contribution < -0.4 is 15.8 Å². The zero-order valence-electron chi connectivity index (χ0n) is 13.5. The average Bonchev–Trinajstić information content (AvgIpc) is 3.02. The van der Waals surface area contributed by atoms with Crippen LogP contribution in [0, 0.1) is 0 Å². The summed E-state index contributed by atoms with van der Waals surface area (Å²) in [5, 5.41) is 2.86. The molecule has 0 heterocycles. The molecule has 24 heavy (non-hydrogen) atoms. The van der Waals surface area contributed by atoms with E-state index < -0.39 is 12.0 Å². The first kappa shape index (κ1) is 16.1. The van der Waals surface area contributed by atoms with Crippen LogP contribution in [0.1, 0.15) is 34.8 Å². The minimum Gasteiger partial charge on any atom is -0.480 e. The maximum absolute atomic E-state index is 12.3. The van der Waals surface area contributed by atoms with Gasteiger partial charge in [-0.05, 0) is 61.6 Å². The van der Waals surface area contributed by atoms with Gasteiger partial charge in [0.1, 0.15) is 5.75 Å². The highest BCUT2D eigenvalue weighted by Gasteiger charge is 2.19. The van der Waals surface area contributed by atoms with Gasteiger partial charge in [-0.25, -0.2) is 0 Å². The van der Waals surface area contributed by atoms with Crippen molar-refractivity contribution in [3.8, 4) is 5.75 Å². The van der Waals surface area contributed by atoms with Gasteiger partial charge in [0.05, 0.1) is 5.56 Å². The smallest absolute Gasteiger partial charge is 0.265 e. The predicted octanol–water partition coefficient (Wildman–Crippen LogP) is 2.68. The summed E-state index contributed by atoms with van der Waals surface area (Å²) >= 11 is 0. The molecule has 0 fully saturated rings. The number of nitrogens with two attached hydrogens (primary N) is 1. The fourth-order valence-electron chi connectivity index (χ4n) is 2.91. The SMILES string of the molecule is C[C@H](Oc1ccccc1C(N)=O)C(=O)Nc1ccc2c(c1)CCC2. The van der Waals surface area contributed by atoms with Crippen molar-refractivity contribution in [2.75, 3.05) is 5.32 Å². The summed E-state index contributed by atoms with van der Waals surface area (Å²) in [5.41, 5.74) is 8.99. The van der Waals surface area contributed by atoms with Crippen LogP contribution in [0.3, 0.4) is 0 Å². The molecule has 1 aliphatic carbocycles. The van der Waals surface area contributed by atoms with Gasteiger partial charge in [-0.15, -0.1) is 0 Å². The molecule has 5 nitrogen and oxygen atoms in total. The third-order valence-electron chi connectivity index (χ3n) is 4.19. The van der Waals surface area contributed by atoms with Crippen molar-refractivity contribution in [1.82, 2.24) is 0 Å². The fourth-order valence-corrected chi connectivity index (χ4v) is 2.91. The largest absolute Gasteiger partial charge is 0.480 e. The summed E-state index contributed by atoms with van der Waals surface area (Å²) in [4.78, 5) is 23.8. The zero-order valence-corrected chi connectivity index (χ0v) is 13.5. The Morgan fingerprint density at radius 2 is 1.88 bits per heavy atom. The molecule has 0 aliphatic heterocycles. The van der Waals surface area contributed by atoms with E-state index >= 15 is 0 Å². The number of fused-ring (bicyclic) bond motifs is 1. The predicted molar refractivity (Wildman–Crippen MR) is 92.1 cm³/mol. The van der Waals surface area contributed by atoms with Gasteiger partial charge in [0, 0.05) is 5.69 Å². The molecule has 1 aliphatic rings. The molecular weight excluding hydrogens is 304 g/mol. The van der Waals surface area contributed by atoms with Crippen LogP contribution in [-0.2, 0) is 17.6 Å². The Morgan fingerprint density at radius 3 is 2.67 bits per heavy atom. The minimum atomic E-state index is -0.751. The van der Waals surface area contributed by atoms with Gasteiger partial charge in [0.25, 0.3) is 11.8 Å². The average molecular weight is 324 g/mol. The Morgan fingerprint density at radius 1 is 1.12 bits per heavy atom. The number of carbonyl (C=O) groups is 2. The van der Waals surface area contributed by atoms with E-state index in [-0.39, 0.29) is 11.5 Å². The number of amides is 2. The van der Waals surface area contributed by atoms with Crippen LogP contribution in [0.5, 0.6) is 5.75 Å². The number of rotatable bonds is 5. The zero-order chi connectivity index (χ0) is 17.1. The molecular formula is C19H20N2O3. The number of hydrogen-bond donors (Lipinski definition) is 2. The summed E-state index contributed by atoms with van der Waals surface area (Å²) in [6, 6.07) is 12.6. The van der Waals surface area contributed by atoms with Crippen molar-refractivity contribution in [3.63, 3.8) is 0 Å². The Labute approximate surface area is 140 Å². The van der Waals surface area contributed by atoms with Crippen LogP contribution in [0.25, 0.3) is 0 Å². The maximum atomic E-state index is 12.3. The first-order valence-corrected chi connectivity index (χ1v) is 8.03. The van der Waals surface area contributed by atoms with Crippen molar-refractivity contribution in [3.05, 3.63) is 59.2 Å². The molecule has 1 atom stereocenters. The molecule has 0 saturated carbocycles. The molecule has 0 spiro atoms. The molecule has 0 bridgehead atoms. The minimum absolute atomic E-state index is 0.259. The number of nitrogens with one attached hydrogen (secondary N) is 1. The van der Waals surface area contributed by atoms with Crippen molar-refractivity contribution in [2.24, 2.45) is 5.73 Å². The second-order valence-corrected chi connectivity index (χ2v) is 5.95. The number of primary amides is 1. The van der Waals surface area contributed by atoms with Gasteiger partial charge < -0.3 is 15.8 Å². The highest BCUT2D eigenvalue weighted by atomic mass is 16.5. The molecule has 5 heteroatoms. The lowest BCUT2D eigenvalue weighted by atomic mass is 10.1. The van der Waals surface area contributed by atoms with Gasteiger partial charge >= 0.3 is 0 Å². The Balaban J connectivity index is 1.68. The lowest BCUT2D eigenvalue weighted by molar-refractivity contribution is -0.122. The molecule has 0 radical (unpaired) electrons. The van der Waals surface area contributed by atoms with Crippen LogP contribution >= 0.6 is 0 Å². The van der Waals surface area contributed by atoms with E-state index in [1.165, 1.54) is 11.1 Å². The number of para-hydroxylation sites is 1. The van der Waals surface area contributed by atoms with Crippen LogP contribution in [0.15, 0.2) is 42.5 Å². The van der Waals surface area contributed by atoms with E-state index in [0.29, 0.717) is 5.75 Å². The number of anilines is 1. The van der Waals surface area contributed by atoms with Gasteiger partial charge in [-0.3, -0.25) is 9.59 Å². The molecule has 2 aromatic carbocycles. The highest BCUT2D eigenvalue weighted by molar-refractivity contribution is 5.96. The fraction of sp³-hybridized carbons (Fsp3) is 0.263. The number of carbonyl (C=O) groups excluding carboxylic acids is 2. The van der Waals surface area contributed by atoms with E-state index in [2.05, 4.69) is 11.4 Å². The summed E-state index contributed by atoms with van der Waals surface area (Å²) in [6.45, 7) is 1.64. The van der Waals surface area contributed by atoms with E-state index in [1.807, 2.05) is 12.1 Å². The van der Waals surface area contributed by atoms with Crippen molar-refractivity contribution < 1.29 is 14.3 Å². The third-order valence-corrected chi connectivity index (χ3v) is 4.19. The first-order chi connectivity index (χ1) is 11.5. The summed E-state index contributed by atoms with van der Waals surface area (Å²) in [5.74, 6) is -0.550. The van der Waals surface area contributed by atoms with Crippen LogP contribution in [-0.4, -0.2) is 17.9 Å². The van der Waals surface area contributed by atoms with E-state index in [4.69, 9.17) is 10.5 Å². The van der Waals surface area contributed by atoms with Gasteiger partial charge in [0.2, 0.25) is 0 Å². The molecule has 2 amide bonds. The van der Waals surface area contributed by atoms with Crippen LogP contribution in [0.4, 0.5) is 5.69 Å². The van der Waals surface area contributed by atoms with Crippen molar-refractivity contribution >= 4 is 17.5 Å². The molecule has 3 rings (SSSR count). The second kappa shape index (κ2) is 6.74. The van der Waals surface area contributed by atoms with E-state index in [0.717, 1.165) is 24.9 Å². The first-order valence-electron chi connectivity index (χ1n) is 8.03. The second-order valence-electron chi connectivity index (χ2n) is 5.95. The summed E-state index contributed by atoms with van der Waals surface area (Å²) in [6.07, 6.45) is 2.57. The lowest BCUT2D eigenvalue weighted by Crippen LogP contribution is -2.31.